The average Bonchev–Trinajstić information content (AvgIpc) is 2.54. The molecule has 3 rings (SSSR count). The van der Waals surface area contributed by atoms with E-state index in [0.717, 1.165) is 28.0 Å². The molecule has 0 radical (unpaired) electrons. The Balaban J connectivity index is 2.35. The Morgan fingerprint density at radius 3 is 2.52 bits per heavy atom. The fourth-order valence-electron chi connectivity index (χ4n) is 2.52. The van der Waals surface area contributed by atoms with E-state index >= 15 is 0 Å². The molecule has 0 atom stereocenters. The molecule has 0 heterocycles. The second-order valence-corrected chi connectivity index (χ2v) is 4.89. The third-order valence-electron chi connectivity index (χ3n) is 3.64. The summed E-state index contributed by atoms with van der Waals surface area (Å²) in [7, 11) is 1.31. The molecule has 106 valence electrons. The number of rotatable bonds is 2. The average molecular weight is 280 g/mol. The molecule has 3 aromatic carbocycles. The van der Waals surface area contributed by atoms with Gasteiger partial charge in [0.1, 0.15) is 5.75 Å². The van der Waals surface area contributed by atoms with E-state index < -0.39 is 6.16 Å². The van der Waals surface area contributed by atoms with E-state index in [1.54, 1.807) is 0 Å². The van der Waals surface area contributed by atoms with Gasteiger partial charge in [-0.15, -0.1) is 0 Å². The highest BCUT2D eigenvalue weighted by Crippen LogP contribution is 2.35. The topological polar surface area (TPSA) is 35.5 Å². The molecule has 3 nitrogen and oxygen atoms in total. The second kappa shape index (κ2) is 5.44. The van der Waals surface area contributed by atoms with Crippen molar-refractivity contribution in [3.05, 3.63) is 54.1 Å². The summed E-state index contributed by atoms with van der Waals surface area (Å²) in [5.41, 5.74) is 1.20. The minimum atomic E-state index is -0.699. The van der Waals surface area contributed by atoms with Crippen LogP contribution in [0.1, 0.15) is 12.5 Å². The number of carbonyl (C=O) groups is 1. The van der Waals surface area contributed by atoms with Crippen LogP contribution in [0, 0.1) is 0 Å². The Morgan fingerprint density at radius 1 is 1.00 bits per heavy atom. The van der Waals surface area contributed by atoms with Gasteiger partial charge in [0.05, 0.1) is 7.11 Å². The Labute approximate surface area is 123 Å². The normalized spacial score (nSPS) is 10.8. The van der Waals surface area contributed by atoms with E-state index in [4.69, 9.17) is 4.74 Å². The lowest BCUT2D eigenvalue weighted by atomic mass is 9.99. The van der Waals surface area contributed by atoms with Gasteiger partial charge in [-0.05, 0) is 34.9 Å². The molecule has 0 saturated heterocycles. The first-order valence-electron chi connectivity index (χ1n) is 6.93. The lowest BCUT2D eigenvalue weighted by Crippen LogP contribution is -2.08. The minimum absolute atomic E-state index is 0.560. The van der Waals surface area contributed by atoms with E-state index in [1.165, 1.54) is 12.7 Å². The first kappa shape index (κ1) is 13.4. The van der Waals surface area contributed by atoms with Crippen LogP contribution in [0.3, 0.4) is 0 Å². The lowest BCUT2D eigenvalue weighted by molar-refractivity contribution is 0.122. The Kier molecular flexibility index (Phi) is 3.48. The number of ether oxygens (including phenoxy) is 2. The molecule has 0 aliphatic rings. The van der Waals surface area contributed by atoms with Crippen molar-refractivity contribution < 1.29 is 14.3 Å². The molecular formula is C18H16O3. The highest BCUT2D eigenvalue weighted by molar-refractivity contribution is 6.06. The van der Waals surface area contributed by atoms with Crippen molar-refractivity contribution in [1.29, 1.82) is 0 Å². The molecule has 0 N–H and O–H groups in total. The predicted octanol–water partition coefficient (Wildman–Crippen LogP) is 4.70. The minimum Gasteiger partial charge on any atom is -0.437 e. The van der Waals surface area contributed by atoms with Crippen LogP contribution in [0.15, 0.2) is 48.5 Å². The zero-order chi connectivity index (χ0) is 14.8. The van der Waals surface area contributed by atoms with Crippen molar-refractivity contribution in [3.63, 3.8) is 0 Å². The number of aryl methyl sites for hydroxylation is 1. The summed E-state index contributed by atoms with van der Waals surface area (Å²) in [6, 6.07) is 16.2. The number of hydrogen-bond donors (Lipinski definition) is 0. The molecule has 0 unspecified atom stereocenters. The Bertz CT molecular complexity index is 821. The van der Waals surface area contributed by atoms with E-state index in [1.807, 2.05) is 24.3 Å². The standard InChI is InChI=1S/C18H16O3/c1-3-12-8-9-14-11-13-6-4-5-7-15(13)17(16(14)10-12)21-18(19)20-2/h4-11H,3H2,1-2H3. The first-order valence-corrected chi connectivity index (χ1v) is 6.93. The molecular weight excluding hydrogens is 264 g/mol. The van der Waals surface area contributed by atoms with E-state index in [-0.39, 0.29) is 0 Å². The van der Waals surface area contributed by atoms with E-state index in [0.29, 0.717) is 5.75 Å². The number of fused-ring (bicyclic) bond motifs is 2. The quantitative estimate of drug-likeness (QED) is 0.388. The summed E-state index contributed by atoms with van der Waals surface area (Å²) in [6.07, 6.45) is 0.231. The lowest BCUT2D eigenvalue weighted by Gasteiger charge is -2.12. The zero-order valence-corrected chi connectivity index (χ0v) is 12.1. The van der Waals surface area contributed by atoms with Gasteiger partial charge in [0.15, 0.2) is 0 Å². The fourth-order valence-corrected chi connectivity index (χ4v) is 2.52. The molecule has 21 heavy (non-hydrogen) atoms. The van der Waals surface area contributed by atoms with Gasteiger partial charge in [-0.1, -0.05) is 43.3 Å². The van der Waals surface area contributed by atoms with Gasteiger partial charge in [-0.3, -0.25) is 0 Å². The Morgan fingerprint density at radius 2 is 1.76 bits per heavy atom. The van der Waals surface area contributed by atoms with E-state index in [2.05, 4.69) is 35.9 Å². The van der Waals surface area contributed by atoms with Crippen LogP contribution in [0.5, 0.6) is 5.75 Å². The maximum absolute atomic E-state index is 11.6. The summed E-state index contributed by atoms with van der Waals surface area (Å²) in [6.45, 7) is 2.10. The monoisotopic (exact) mass is 280 g/mol. The van der Waals surface area contributed by atoms with E-state index in [9.17, 15) is 4.79 Å². The third kappa shape index (κ3) is 2.42. The molecule has 0 aliphatic heterocycles. The van der Waals surface area contributed by atoms with Crippen molar-refractivity contribution in [3.8, 4) is 5.75 Å². The van der Waals surface area contributed by atoms with Crippen LogP contribution in [0.2, 0.25) is 0 Å². The molecule has 0 spiro atoms. The number of carbonyl (C=O) groups excluding carboxylic acids is 1. The van der Waals surface area contributed by atoms with Gasteiger partial charge in [0.25, 0.3) is 0 Å². The summed E-state index contributed by atoms with van der Waals surface area (Å²) >= 11 is 0. The molecule has 0 bridgehead atoms. The van der Waals surface area contributed by atoms with Crippen molar-refractivity contribution in [2.45, 2.75) is 13.3 Å². The Hall–Kier alpha value is -2.55. The van der Waals surface area contributed by atoms with Crippen LogP contribution in [-0.4, -0.2) is 13.3 Å². The van der Waals surface area contributed by atoms with Crippen LogP contribution >= 0.6 is 0 Å². The SMILES string of the molecule is CCc1ccc2cc3ccccc3c(OC(=O)OC)c2c1. The van der Waals surface area contributed by atoms with Crippen molar-refractivity contribution in [2.24, 2.45) is 0 Å². The molecule has 0 amide bonds. The third-order valence-corrected chi connectivity index (χ3v) is 3.64. The van der Waals surface area contributed by atoms with Crippen molar-refractivity contribution >= 4 is 27.7 Å². The maximum atomic E-state index is 11.6. The van der Waals surface area contributed by atoms with Crippen LogP contribution in [0.25, 0.3) is 21.5 Å². The second-order valence-electron chi connectivity index (χ2n) is 4.89. The van der Waals surface area contributed by atoms with Crippen molar-refractivity contribution in [1.82, 2.24) is 0 Å². The summed E-state index contributed by atoms with van der Waals surface area (Å²) in [5.74, 6) is 0.560. The molecule has 0 aliphatic carbocycles. The number of hydrogen-bond acceptors (Lipinski definition) is 3. The van der Waals surface area contributed by atoms with Crippen molar-refractivity contribution in [2.75, 3.05) is 7.11 Å². The molecule has 0 saturated carbocycles. The van der Waals surface area contributed by atoms with Crippen LogP contribution in [0.4, 0.5) is 4.79 Å². The highest BCUT2D eigenvalue weighted by Gasteiger charge is 2.13. The molecule has 0 fully saturated rings. The maximum Gasteiger partial charge on any atom is 0.513 e. The summed E-state index contributed by atoms with van der Waals surface area (Å²) in [5, 5.41) is 3.92. The highest BCUT2D eigenvalue weighted by atomic mass is 16.7. The van der Waals surface area contributed by atoms with Crippen LogP contribution < -0.4 is 4.74 Å². The molecule has 3 heteroatoms. The smallest absolute Gasteiger partial charge is 0.437 e. The predicted molar refractivity (Wildman–Crippen MR) is 83.9 cm³/mol. The van der Waals surface area contributed by atoms with Gasteiger partial charge < -0.3 is 9.47 Å². The van der Waals surface area contributed by atoms with Gasteiger partial charge >= 0.3 is 6.16 Å². The van der Waals surface area contributed by atoms with Crippen LogP contribution in [-0.2, 0) is 11.2 Å². The van der Waals surface area contributed by atoms with Gasteiger partial charge in [0.2, 0.25) is 0 Å². The zero-order valence-electron chi connectivity index (χ0n) is 12.1. The molecule has 0 aromatic heterocycles. The van der Waals surface area contributed by atoms with Gasteiger partial charge in [0, 0.05) is 10.8 Å². The molecule has 3 aromatic rings. The fraction of sp³-hybridized carbons (Fsp3) is 0.167. The van der Waals surface area contributed by atoms with Gasteiger partial charge in [-0.25, -0.2) is 4.79 Å². The largest absolute Gasteiger partial charge is 0.513 e. The number of benzene rings is 3. The summed E-state index contributed by atoms with van der Waals surface area (Å²) in [4.78, 5) is 11.6. The number of methoxy groups -OCH3 is 1. The summed E-state index contributed by atoms with van der Waals surface area (Å²) < 4.78 is 10.1. The first-order chi connectivity index (χ1) is 10.2. The van der Waals surface area contributed by atoms with Gasteiger partial charge in [-0.2, -0.15) is 0 Å².